The molecule has 0 bridgehead atoms. The number of aromatic amines is 2. The number of carbonyl (C=O) groups is 4. The first kappa shape index (κ1) is 42.5. The summed E-state index contributed by atoms with van der Waals surface area (Å²) >= 11 is 0. The van der Waals surface area contributed by atoms with Crippen molar-refractivity contribution in [2.75, 3.05) is 41.5 Å². The van der Waals surface area contributed by atoms with Crippen LogP contribution >= 0.6 is 0 Å². The molecule has 2 aromatic carbocycles. The molecule has 0 radical (unpaired) electrons. The zero-order valence-electron chi connectivity index (χ0n) is 36.2. The van der Waals surface area contributed by atoms with Gasteiger partial charge in [-0.2, -0.15) is 0 Å². The van der Waals surface area contributed by atoms with Crippen LogP contribution in [0.25, 0.3) is 33.6 Å². The number of hydrogen-bond acceptors (Lipinski definition) is 12. The highest BCUT2D eigenvalue weighted by Gasteiger charge is 2.43. The van der Waals surface area contributed by atoms with E-state index in [9.17, 15) is 19.2 Å². The van der Waals surface area contributed by atoms with Crippen molar-refractivity contribution in [3.8, 4) is 45.1 Å². The molecule has 4 aliphatic heterocycles. The number of nitrogens with zero attached hydrogens (tertiary/aromatic N) is 4. The number of imidazole rings is 2. The molecule has 330 valence electrons. The minimum Gasteiger partial charge on any atom is -0.488 e. The van der Waals surface area contributed by atoms with E-state index in [1.807, 2.05) is 12.1 Å². The lowest BCUT2D eigenvalue weighted by atomic mass is 9.87. The van der Waals surface area contributed by atoms with Gasteiger partial charge in [-0.15, -0.1) is 0 Å². The Labute approximate surface area is 359 Å². The topological polar surface area (TPSA) is 212 Å². The number of rotatable bonds is 12. The average Bonchev–Trinajstić information content (AvgIpc) is 4.12. The van der Waals surface area contributed by atoms with Gasteiger partial charge in [0.15, 0.2) is 0 Å². The lowest BCUT2D eigenvalue weighted by Crippen LogP contribution is -2.54. The fraction of sp³-hybridized carbons (Fsp3) is 0.500. The molecular weight excluding hydrogens is 801 g/mol. The van der Waals surface area contributed by atoms with E-state index < -0.39 is 36.5 Å². The van der Waals surface area contributed by atoms with E-state index in [4.69, 9.17) is 38.4 Å². The number of nitrogens with one attached hydrogen (secondary N) is 4. The van der Waals surface area contributed by atoms with Gasteiger partial charge in [-0.05, 0) is 62.8 Å². The first-order valence-corrected chi connectivity index (χ1v) is 20.9. The van der Waals surface area contributed by atoms with Crippen LogP contribution in [0.2, 0.25) is 0 Å². The van der Waals surface area contributed by atoms with Crippen LogP contribution in [0.3, 0.4) is 0 Å². The number of aromatic nitrogens is 4. The summed E-state index contributed by atoms with van der Waals surface area (Å²) in [6.45, 7) is 9.27. The van der Waals surface area contributed by atoms with E-state index in [0.29, 0.717) is 50.8 Å². The zero-order valence-corrected chi connectivity index (χ0v) is 36.2. The van der Waals surface area contributed by atoms with Gasteiger partial charge in [-0.1, -0.05) is 13.8 Å². The molecule has 4 aliphatic rings. The minimum atomic E-state index is -0.937. The number of amides is 4. The van der Waals surface area contributed by atoms with Gasteiger partial charge in [0.05, 0.1) is 62.3 Å². The molecule has 0 spiro atoms. The highest BCUT2D eigenvalue weighted by Crippen LogP contribution is 2.51. The highest BCUT2D eigenvalue weighted by molar-refractivity contribution is 5.89. The molecule has 4 N–H and O–H groups in total. The fourth-order valence-electron chi connectivity index (χ4n) is 9.16. The highest BCUT2D eigenvalue weighted by atomic mass is 16.5. The Morgan fingerprint density at radius 3 is 1.45 bits per heavy atom. The van der Waals surface area contributed by atoms with Crippen LogP contribution < -0.4 is 20.1 Å². The second-order valence-corrected chi connectivity index (χ2v) is 16.8. The van der Waals surface area contributed by atoms with Crippen LogP contribution in [0.4, 0.5) is 9.59 Å². The van der Waals surface area contributed by atoms with E-state index in [1.165, 1.54) is 28.4 Å². The normalized spacial score (nSPS) is 21.8. The number of H-pyrrole nitrogens is 2. The maximum atomic E-state index is 13.9. The van der Waals surface area contributed by atoms with Gasteiger partial charge in [0.1, 0.15) is 48.4 Å². The lowest BCUT2D eigenvalue weighted by Gasteiger charge is -2.31. The van der Waals surface area contributed by atoms with Gasteiger partial charge in [-0.3, -0.25) is 9.59 Å². The Morgan fingerprint density at radius 1 is 0.677 bits per heavy atom. The van der Waals surface area contributed by atoms with Crippen molar-refractivity contribution < 1.29 is 47.6 Å². The molecule has 2 aromatic heterocycles. The van der Waals surface area contributed by atoms with Gasteiger partial charge in [0.2, 0.25) is 11.8 Å². The Kier molecular flexibility index (Phi) is 11.9. The number of carbonyl (C=O) groups excluding carboxylic acids is 4. The molecule has 6 heterocycles. The van der Waals surface area contributed by atoms with Gasteiger partial charge in [0, 0.05) is 60.7 Å². The van der Waals surface area contributed by atoms with Crippen LogP contribution in [0.15, 0.2) is 36.7 Å². The first-order valence-electron chi connectivity index (χ1n) is 20.9. The number of alkyl carbamates (subject to hydrolysis) is 2. The summed E-state index contributed by atoms with van der Waals surface area (Å²) in [6, 6.07) is 5.63. The third-order valence-corrected chi connectivity index (χ3v) is 12.5. The number of likely N-dealkylation sites (tertiary alicyclic amines) is 2. The molecule has 4 aromatic rings. The summed E-state index contributed by atoms with van der Waals surface area (Å²) in [5, 5.41) is 5.28. The molecule has 1 unspecified atom stereocenters. The SMILES string of the molecule is COC(=O)N[C@H](C(=O)N1C[C@@H](C)CC1c1ncc(-c2cc3c4c(c2)OCc2cc(-c5cnc([C@@H]6C[C@H](C)CN6C(=O)[C@@H](NC(=O)OC)[C@@H](C)OC)[nH]5)cc(c2-4)OC3)[nH]1)[C@@H](C)OC. The standard InChI is InChI=1S/C44H54N8O10/c1-21-9-31(51(17-21)41(53)37(23(3)57-5)49-43(55)59-7)39-45-15-29(47-39)25-11-27-19-62-34-14-26(12-28-20-61-33(13-25)35(27)36(28)34)30-16-46-40(48-30)32-10-22(2)18-52(32)42(54)38(24(4)58-6)50-44(56)60-8/h11-16,21-24,31-32,37-38H,9-10,17-20H2,1-8H3,(H,45,47)(H,46,48)(H,49,55)(H,50,56)/t21-,22-,23+,24+,31-,32?,37-,38-/m0/s1. The Hall–Kier alpha value is -6.14. The summed E-state index contributed by atoms with van der Waals surface area (Å²) in [6.07, 6.45) is 2.34. The molecule has 2 saturated heterocycles. The summed E-state index contributed by atoms with van der Waals surface area (Å²) in [7, 11) is 5.50. The molecular formula is C44H54N8O10. The van der Waals surface area contributed by atoms with Crippen LogP contribution in [0.5, 0.6) is 11.5 Å². The third kappa shape index (κ3) is 7.92. The van der Waals surface area contributed by atoms with E-state index in [2.05, 4.69) is 46.6 Å². The van der Waals surface area contributed by atoms with Crippen molar-refractivity contribution in [2.45, 2.75) is 90.1 Å². The maximum absolute atomic E-state index is 13.9. The fourth-order valence-corrected chi connectivity index (χ4v) is 9.16. The van der Waals surface area contributed by atoms with Crippen LogP contribution in [0.1, 0.15) is 75.4 Å². The molecule has 0 saturated carbocycles. The Bertz CT molecular complexity index is 2150. The van der Waals surface area contributed by atoms with E-state index >= 15 is 0 Å². The second kappa shape index (κ2) is 17.3. The molecule has 2 fully saturated rings. The molecule has 18 nitrogen and oxygen atoms in total. The largest absolute Gasteiger partial charge is 0.488 e. The van der Waals surface area contributed by atoms with Gasteiger partial charge < -0.3 is 58.8 Å². The quantitative estimate of drug-likeness (QED) is 0.144. The maximum Gasteiger partial charge on any atom is 0.407 e. The van der Waals surface area contributed by atoms with Crippen LogP contribution in [0, 0.1) is 11.8 Å². The van der Waals surface area contributed by atoms with Crippen molar-refractivity contribution in [3.63, 3.8) is 0 Å². The van der Waals surface area contributed by atoms with Crippen LogP contribution in [-0.2, 0) is 41.8 Å². The van der Waals surface area contributed by atoms with Gasteiger partial charge in [0.25, 0.3) is 0 Å². The molecule has 62 heavy (non-hydrogen) atoms. The van der Waals surface area contributed by atoms with Crippen LogP contribution in [-0.4, -0.2) is 120 Å². The monoisotopic (exact) mass is 854 g/mol. The summed E-state index contributed by atoms with van der Waals surface area (Å²) < 4.78 is 33.4. The van der Waals surface area contributed by atoms with Crippen molar-refractivity contribution in [1.29, 1.82) is 0 Å². The number of benzene rings is 2. The van der Waals surface area contributed by atoms with E-state index in [1.54, 1.807) is 36.0 Å². The lowest BCUT2D eigenvalue weighted by molar-refractivity contribution is -0.138. The predicted octanol–water partition coefficient (Wildman–Crippen LogP) is 5.26. The van der Waals surface area contributed by atoms with Gasteiger partial charge >= 0.3 is 12.2 Å². The summed E-state index contributed by atoms with van der Waals surface area (Å²) in [5.41, 5.74) is 7.19. The molecule has 8 atom stereocenters. The summed E-state index contributed by atoms with van der Waals surface area (Å²) in [5.74, 6) is 2.63. The predicted molar refractivity (Wildman–Crippen MR) is 224 cm³/mol. The van der Waals surface area contributed by atoms with Gasteiger partial charge in [-0.25, -0.2) is 19.6 Å². The number of ether oxygens (including phenoxy) is 6. The van der Waals surface area contributed by atoms with Crippen molar-refractivity contribution in [2.24, 2.45) is 11.8 Å². The van der Waals surface area contributed by atoms with E-state index in [-0.39, 0.29) is 35.7 Å². The second-order valence-electron chi connectivity index (χ2n) is 16.8. The Balaban J connectivity index is 1.03. The molecule has 0 aliphatic carbocycles. The van der Waals surface area contributed by atoms with E-state index in [0.717, 1.165) is 56.3 Å². The molecule has 8 rings (SSSR count). The minimum absolute atomic E-state index is 0.205. The van der Waals surface area contributed by atoms with Crippen molar-refractivity contribution in [1.82, 2.24) is 40.4 Å². The molecule has 18 heteroatoms. The number of methoxy groups -OCH3 is 4. The van der Waals surface area contributed by atoms with Crippen molar-refractivity contribution in [3.05, 3.63) is 59.4 Å². The third-order valence-electron chi connectivity index (χ3n) is 12.5. The average molecular weight is 855 g/mol. The zero-order chi connectivity index (χ0) is 44.0. The summed E-state index contributed by atoms with van der Waals surface area (Å²) in [4.78, 5) is 72.1. The molecule has 4 amide bonds. The Morgan fingerprint density at radius 2 is 1.08 bits per heavy atom. The first-order chi connectivity index (χ1) is 29.8. The van der Waals surface area contributed by atoms with Crippen molar-refractivity contribution >= 4 is 24.0 Å². The smallest absolute Gasteiger partial charge is 0.407 e. The number of hydrogen-bond donors (Lipinski definition) is 4.